The zero-order valence-corrected chi connectivity index (χ0v) is 18.8. The first-order valence-corrected chi connectivity index (χ1v) is 10.3. The van der Waals surface area contributed by atoms with Crippen molar-refractivity contribution >= 4 is 17.9 Å². The van der Waals surface area contributed by atoms with E-state index in [1.807, 2.05) is 26.8 Å². The minimum absolute atomic E-state index is 0.115. The van der Waals surface area contributed by atoms with Crippen LogP contribution in [0.3, 0.4) is 0 Å². The molecular weight excluding hydrogens is 386 g/mol. The lowest BCUT2D eigenvalue weighted by molar-refractivity contribution is -0.143. The van der Waals surface area contributed by atoms with Crippen molar-refractivity contribution in [1.82, 2.24) is 15.5 Å². The third-order valence-corrected chi connectivity index (χ3v) is 4.03. The molecule has 0 aliphatic rings. The average Bonchev–Trinajstić information content (AvgIpc) is 2.64. The zero-order chi connectivity index (χ0) is 22.9. The van der Waals surface area contributed by atoms with Crippen LogP contribution in [0.1, 0.15) is 59.6 Å². The molecule has 2 atom stereocenters. The van der Waals surface area contributed by atoms with Gasteiger partial charge in [0.15, 0.2) is 0 Å². The molecule has 0 aromatic heterocycles. The standard InChI is InChI=1S/C22H35N3O5/c1-7-13-25(20(28)17(14-26)24-21(29)30-22(4,5)6)18(19(27)23-15(2)3)16-11-9-8-10-12-16/h8-12,15,17-18,26H,7,13-14H2,1-6H3,(H,23,27)(H,24,29). The van der Waals surface area contributed by atoms with Crippen LogP contribution < -0.4 is 10.6 Å². The summed E-state index contributed by atoms with van der Waals surface area (Å²) in [5.74, 6) is -0.884. The molecule has 0 radical (unpaired) electrons. The van der Waals surface area contributed by atoms with E-state index >= 15 is 0 Å². The highest BCUT2D eigenvalue weighted by Crippen LogP contribution is 2.23. The second-order valence-corrected chi connectivity index (χ2v) is 8.39. The highest BCUT2D eigenvalue weighted by Gasteiger charge is 2.35. The van der Waals surface area contributed by atoms with Crippen molar-refractivity contribution in [2.75, 3.05) is 13.2 Å². The molecule has 0 aliphatic carbocycles. The first-order chi connectivity index (χ1) is 14.0. The van der Waals surface area contributed by atoms with Gasteiger partial charge in [0.05, 0.1) is 6.61 Å². The van der Waals surface area contributed by atoms with Gasteiger partial charge in [-0.1, -0.05) is 37.3 Å². The zero-order valence-electron chi connectivity index (χ0n) is 18.8. The van der Waals surface area contributed by atoms with E-state index in [4.69, 9.17) is 4.74 Å². The van der Waals surface area contributed by atoms with E-state index in [0.29, 0.717) is 12.0 Å². The van der Waals surface area contributed by atoms with E-state index in [9.17, 15) is 19.5 Å². The van der Waals surface area contributed by atoms with Gasteiger partial charge in [0, 0.05) is 12.6 Å². The van der Waals surface area contributed by atoms with E-state index in [1.165, 1.54) is 4.90 Å². The number of benzene rings is 1. The molecule has 30 heavy (non-hydrogen) atoms. The van der Waals surface area contributed by atoms with E-state index in [2.05, 4.69) is 10.6 Å². The summed E-state index contributed by atoms with van der Waals surface area (Å²) in [6.07, 6.45) is -0.219. The Morgan fingerprint density at radius 1 is 1.10 bits per heavy atom. The molecule has 3 N–H and O–H groups in total. The molecule has 0 spiro atoms. The van der Waals surface area contributed by atoms with Crippen LogP contribution in [-0.2, 0) is 14.3 Å². The van der Waals surface area contributed by atoms with Crippen molar-refractivity contribution in [3.05, 3.63) is 35.9 Å². The molecule has 8 heteroatoms. The normalized spacial score (nSPS) is 13.3. The monoisotopic (exact) mass is 421 g/mol. The molecular formula is C22H35N3O5. The first kappa shape index (κ1) is 25.4. The SMILES string of the molecule is CCCN(C(=O)C(CO)NC(=O)OC(C)(C)C)C(C(=O)NC(C)C)c1ccccc1. The summed E-state index contributed by atoms with van der Waals surface area (Å²) in [5.41, 5.74) is -0.105. The van der Waals surface area contributed by atoms with Crippen LogP contribution in [0.4, 0.5) is 4.79 Å². The number of ether oxygens (including phenoxy) is 1. The highest BCUT2D eigenvalue weighted by atomic mass is 16.6. The number of nitrogens with one attached hydrogen (secondary N) is 2. The van der Waals surface area contributed by atoms with Gasteiger partial charge in [-0.15, -0.1) is 0 Å². The Bertz CT molecular complexity index is 700. The van der Waals surface area contributed by atoms with Crippen LogP contribution in [0.15, 0.2) is 30.3 Å². The number of hydrogen-bond donors (Lipinski definition) is 3. The van der Waals surface area contributed by atoms with Crippen LogP contribution >= 0.6 is 0 Å². The minimum atomic E-state index is -1.23. The molecule has 1 rings (SSSR count). The summed E-state index contributed by atoms with van der Waals surface area (Å²) < 4.78 is 5.19. The summed E-state index contributed by atoms with van der Waals surface area (Å²) in [7, 11) is 0. The number of rotatable bonds is 9. The minimum Gasteiger partial charge on any atom is -0.444 e. The van der Waals surface area contributed by atoms with E-state index in [1.54, 1.807) is 45.0 Å². The quantitative estimate of drug-likeness (QED) is 0.567. The molecule has 0 heterocycles. The van der Waals surface area contributed by atoms with Gasteiger partial charge >= 0.3 is 6.09 Å². The maximum absolute atomic E-state index is 13.3. The second-order valence-electron chi connectivity index (χ2n) is 8.39. The fourth-order valence-corrected chi connectivity index (χ4v) is 2.91. The fourth-order valence-electron chi connectivity index (χ4n) is 2.91. The Morgan fingerprint density at radius 2 is 1.70 bits per heavy atom. The van der Waals surface area contributed by atoms with Crippen molar-refractivity contribution in [3.63, 3.8) is 0 Å². The number of amides is 3. The predicted molar refractivity (Wildman–Crippen MR) is 115 cm³/mol. The van der Waals surface area contributed by atoms with Gasteiger partial charge in [-0.2, -0.15) is 0 Å². The van der Waals surface area contributed by atoms with Crippen molar-refractivity contribution in [2.45, 2.75) is 71.7 Å². The lowest BCUT2D eigenvalue weighted by Gasteiger charge is -2.34. The number of hydrogen-bond acceptors (Lipinski definition) is 5. The Balaban J connectivity index is 3.22. The first-order valence-electron chi connectivity index (χ1n) is 10.3. The summed E-state index contributed by atoms with van der Waals surface area (Å²) in [5, 5.41) is 15.0. The lowest BCUT2D eigenvalue weighted by Crippen LogP contribution is -2.54. The molecule has 3 amide bonds. The maximum Gasteiger partial charge on any atom is 0.408 e. The number of nitrogens with zero attached hydrogens (tertiary/aromatic N) is 1. The average molecular weight is 422 g/mol. The van der Waals surface area contributed by atoms with Crippen molar-refractivity contribution < 1.29 is 24.2 Å². The van der Waals surface area contributed by atoms with Crippen LogP contribution in [0, 0.1) is 0 Å². The van der Waals surface area contributed by atoms with Crippen LogP contribution in [0.5, 0.6) is 0 Å². The summed E-state index contributed by atoms with van der Waals surface area (Å²) in [6, 6.07) is 6.72. The van der Waals surface area contributed by atoms with Crippen molar-refractivity contribution in [1.29, 1.82) is 0 Å². The third-order valence-electron chi connectivity index (χ3n) is 4.03. The lowest BCUT2D eigenvalue weighted by atomic mass is 10.0. The summed E-state index contributed by atoms with van der Waals surface area (Å²) in [4.78, 5) is 39.8. The largest absolute Gasteiger partial charge is 0.444 e. The molecule has 0 bridgehead atoms. The third kappa shape index (κ3) is 8.02. The summed E-state index contributed by atoms with van der Waals surface area (Å²) in [6.45, 7) is 10.3. The molecule has 0 aliphatic heterocycles. The number of alkyl carbamates (subject to hydrolysis) is 1. The molecule has 0 saturated heterocycles. The van der Waals surface area contributed by atoms with Gasteiger partial charge in [-0.3, -0.25) is 9.59 Å². The number of carbonyl (C=O) groups is 3. The smallest absolute Gasteiger partial charge is 0.408 e. The Kier molecular flexibility index (Phi) is 9.78. The van der Waals surface area contributed by atoms with E-state index < -0.39 is 36.3 Å². The maximum atomic E-state index is 13.3. The van der Waals surface area contributed by atoms with Gasteiger partial charge in [-0.25, -0.2) is 4.79 Å². The molecule has 168 valence electrons. The van der Waals surface area contributed by atoms with Crippen LogP contribution in [0.2, 0.25) is 0 Å². The molecule has 0 saturated carbocycles. The fraction of sp³-hybridized carbons (Fsp3) is 0.591. The van der Waals surface area contributed by atoms with E-state index in [0.717, 1.165) is 0 Å². The summed E-state index contributed by atoms with van der Waals surface area (Å²) >= 11 is 0. The Morgan fingerprint density at radius 3 is 2.17 bits per heavy atom. The van der Waals surface area contributed by atoms with E-state index in [-0.39, 0.29) is 18.5 Å². The van der Waals surface area contributed by atoms with Gasteiger partial charge in [0.2, 0.25) is 11.8 Å². The number of aliphatic hydroxyl groups is 1. The topological polar surface area (TPSA) is 108 Å². The molecule has 0 fully saturated rings. The Labute approximate surface area is 179 Å². The highest BCUT2D eigenvalue weighted by molar-refractivity contribution is 5.92. The van der Waals surface area contributed by atoms with Gasteiger partial charge in [0.1, 0.15) is 17.7 Å². The molecule has 1 aromatic rings. The van der Waals surface area contributed by atoms with Gasteiger partial charge in [-0.05, 0) is 46.6 Å². The number of aliphatic hydroxyl groups excluding tert-OH is 1. The van der Waals surface area contributed by atoms with Gasteiger partial charge in [0.25, 0.3) is 0 Å². The van der Waals surface area contributed by atoms with Crippen molar-refractivity contribution in [3.8, 4) is 0 Å². The van der Waals surface area contributed by atoms with Crippen LogP contribution in [0.25, 0.3) is 0 Å². The Hall–Kier alpha value is -2.61. The molecule has 2 unspecified atom stereocenters. The predicted octanol–water partition coefficient (Wildman–Crippen LogP) is 2.38. The number of carbonyl (C=O) groups excluding carboxylic acids is 3. The van der Waals surface area contributed by atoms with Gasteiger partial charge < -0.3 is 25.4 Å². The van der Waals surface area contributed by atoms with Crippen LogP contribution in [-0.4, -0.2) is 58.8 Å². The second kappa shape index (κ2) is 11.5. The molecule has 1 aromatic carbocycles. The van der Waals surface area contributed by atoms with Crippen molar-refractivity contribution in [2.24, 2.45) is 0 Å². The molecule has 8 nitrogen and oxygen atoms in total.